The molecule has 0 N–H and O–H groups in total. The molecule has 1 nitrogen and oxygen atoms in total. The second kappa shape index (κ2) is 4.75. The van der Waals surface area contributed by atoms with Crippen LogP contribution in [0.5, 0.6) is 0 Å². The van der Waals surface area contributed by atoms with Gasteiger partial charge >= 0.3 is 0 Å². The molecule has 0 bridgehead atoms. The van der Waals surface area contributed by atoms with E-state index in [-0.39, 0.29) is 6.42 Å². The van der Waals surface area contributed by atoms with Crippen molar-refractivity contribution >= 4 is 0 Å². The Kier molecular flexibility index (Phi) is 3.15. The first-order valence-electron chi connectivity index (χ1n) is 5.12. The van der Waals surface area contributed by atoms with Crippen molar-refractivity contribution in [2.45, 2.75) is 6.42 Å². The molecule has 84 valence electrons. The van der Waals surface area contributed by atoms with Crippen LogP contribution in [0.3, 0.4) is 0 Å². The summed E-state index contributed by atoms with van der Waals surface area (Å²) in [5, 5.41) is 8.70. The maximum Gasteiger partial charge on any atom is 0.126 e. The van der Waals surface area contributed by atoms with E-state index >= 15 is 0 Å². The summed E-state index contributed by atoms with van der Waals surface area (Å²) >= 11 is 0. The van der Waals surface area contributed by atoms with Crippen LogP contribution in [0.4, 0.5) is 8.78 Å². The lowest BCUT2D eigenvalue weighted by Gasteiger charge is -2.07. The third kappa shape index (κ3) is 2.48. The van der Waals surface area contributed by atoms with Gasteiger partial charge in [-0.3, -0.25) is 0 Å². The molecule has 0 unspecified atom stereocenters. The van der Waals surface area contributed by atoms with E-state index in [1.165, 1.54) is 12.1 Å². The van der Waals surface area contributed by atoms with Crippen LogP contribution in [0.25, 0.3) is 11.1 Å². The lowest BCUT2D eigenvalue weighted by molar-refractivity contribution is 0.584. The number of halogens is 2. The molecule has 0 aromatic heterocycles. The van der Waals surface area contributed by atoms with Gasteiger partial charge in [0.1, 0.15) is 11.6 Å². The molecule has 0 aliphatic rings. The van der Waals surface area contributed by atoms with E-state index in [1.54, 1.807) is 24.3 Å². The zero-order chi connectivity index (χ0) is 12.3. The molecular weight excluding hydrogens is 220 g/mol. The number of nitriles is 1. The monoisotopic (exact) mass is 229 g/mol. The largest absolute Gasteiger partial charge is 0.207 e. The van der Waals surface area contributed by atoms with E-state index in [9.17, 15) is 8.78 Å². The highest BCUT2D eigenvalue weighted by Crippen LogP contribution is 2.25. The highest BCUT2D eigenvalue weighted by molar-refractivity contribution is 5.67. The third-order valence-electron chi connectivity index (χ3n) is 2.46. The van der Waals surface area contributed by atoms with Gasteiger partial charge in [0.25, 0.3) is 0 Å². The van der Waals surface area contributed by atoms with Gasteiger partial charge in [-0.15, -0.1) is 0 Å². The lowest BCUT2D eigenvalue weighted by Crippen LogP contribution is -1.90. The Bertz CT molecular complexity index is 565. The average molecular weight is 229 g/mol. The maximum atomic E-state index is 13.1. The van der Waals surface area contributed by atoms with Gasteiger partial charge in [-0.1, -0.05) is 24.3 Å². The van der Waals surface area contributed by atoms with Crippen molar-refractivity contribution in [2.24, 2.45) is 0 Å². The van der Waals surface area contributed by atoms with Gasteiger partial charge in [0, 0.05) is 6.07 Å². The van der Waals surface area contributed by atoms with Gasteiger partial charge in [-0.25, -0.2) is 8.78 Å². The summed E-state index contributed by atoms with van der Waals surface area (Å²) in [5.41, 5.74) is 1.90. The molecule has 2 rings (SSSR count). The minimum Gasteiger partial charge on any atom is -0.207 e. The van der Waals surface area contributed by atoms with Crippen LogP contribution in [0, 0.1) is 23.0 Å². The second-order valence-corrected chi connectivity index (χ2v) is 3.65. The molecule has 0 fully saturated rings. The molecule has 0 spiro atoms. The lowest BCUT2D eigenvalue weighted by atomic mass is 9.98. The molecule has 0 amide bonds. The minimum absolute atomic E-state index is 0.217. The van der Waals surface area contributed by atoms with Crippen molar-refractivity contribution in [3.05, 3.63) is 59.7 Å². The number of hydrogen-bond acceptors (Lipinski definition) is 1. The number of hydrogen-bond donors (Lipinski definition) is 0. The highest BCUT2D eigenvalue weighted by Gasteiger charge is 2.07. The van der Waals surface area contributed by atoms with E-state index in [2.05, 4.69) is 0 Å². The van der Waals surface area contributed by atoms with Gasteiger partial charge in [-0.2, -0.15) is 5.26 Å². The first kappa shape index (κ1) is 11.3. The van der Waals surface area contributed by atoms with Crippen LogP contribution in [0.1, 0.15) is 5.56 Å². The summed E-state index contributed by atoms with van der Waals surface area (Å²) in [6.45, 7) is 0. The first-order valence-corrected chi connectivity index (χ1v) is 5.12. The zero-order valence-corrected chi connectivity index (χ0v) is 8.95. The highest BCUT2D eigenvalue weighted by atomic mass is 19.1. The Labute approximate surface area is 97.9 Å². The van der Waals surface area contributed by atoms with Crippen LogP contribution >= 0.6 is 0 Å². The van der Waals surface area contributed by atoms with Crippen molar-refractivity contribution in [3.63, 3.8) is 0 Å². The van der Waals surface area contributed by atoms with Crippen LogP contribution in [0.2, 0.25) is 0 Å². The van der Waals surface area contributed by atoms with Crippen LogP contribution < -0.4 is 0 Å². The fraction of sp³-hybridized carbons (Fsp3) is 0.0714. The molecule has 0 heterocycles. The van der Waals surface area contributed by atoms with Crippen molar-refractivity contribution in [2.75, 3.05) is 0 Å². The zero-order valence-electron chi connectivity index (χ0n) is 8.95. The van der Waals surface area contributed by atoms with Crippen LogP contribution in [0.15, 0.2) is 42.5 Å². The van der Waals surface area contributed by atoms with E-state index in [0.29, 0.717) is 11.1 Å². The van der Waals surface area contributed by atoms with Crippen LogP contribution in [-0.2, 0) is 6.42 Å². The van der Waals surface area contributed by atoms with E-state index < -0.39 is 11.6 Å². The van der Waals surface area contributed by atoms with E-state index in [0.717, 1.165) is 11.6 Å². The van der Waals surface area contributed by atoms with E-state index in [4.69, 9.17) is 5.26 Å². The SMILES string of the molecule is N#CCc1ccccc1-c1cc(F)cc(F)c1. The Morgan fingerprint density at radius 2 is 1.65 bits per heavy atom. The maximum absolute atomic E-state index is 13.1. The predicted molar refractivity (Wildman–Crippen MR) is 61.1 cm³/mol. The number of nitrogens with zero attached hydrogens (tertiary/aromatic N) is 1. The smallest absolute Gasteiger partial charge is 0.126 e. The van der Waals surface area contributed by atoms with Gasteiger partial charge < -0.3 is 0 Å². The summed E-state index contributed by atoms with van der Waals surface area (Å²) in [6, 6.07) is 12.5. The molecule has 17 heavy (non-hydrogen) atoms. The minimum atomic E-state index is -0.619. The molecule has 0 saturated heterocycles. The Hall–Kier alpha value is -2.21. The molecule has 0 aliphatic heterocycles. The summed E-state index contributed by atoms with van der Waals surface area (Å²) in [4.78, 5) is 0. The standard InChI is InChI=1S/C14H9F2N/c15-12-7-11(8-13(16)9-12)14-4-2-1-3-10(14)5-6-17/h1-4,7-9H,5H2. The third-order valence-corrected chi connectivity index (χ3v) is 2.46. The summed E-state index contributed by atoms with van der Waals surface area (Å²) < 4.78 is 26.3. The molecule has 0 saturated carbocycles. The second-order valence-electron chi connectivity index (χ2n) is 3.65. The van der Waals surface area contributed by atoms with E-state index in [1.807, 2.05) is 6.07 Å². The Morgan fingerprint density at radius 3 is 2.29 bits per heavy atom. The van der Waals surface area contributed by atoms with Crippen molar-refractivity contribution < 1.29 is 8.78 Å². The topological polar surface area (TPSA) is 23.8 Å². The van der Waals surface area contributed by atoms with Gasteiger partial charge in [0.15, 0.2) is 0 Å². The van der Waals surface area contributed by atoms with Gasteiger partial charge in [-0.05, 0) is 28.8 Å². The fourth-order valence-corrected chi connectivity index (χ4v) is 1.75. The fourth-order valence-electron chi connectivity index (χ4n) is 1.75. The molecule has 3 heteroatoms. The quantitative estimate of drug-likeness (QED) is 0.770. The summed E-state index contributed by atoms with van der Waals surface area (Å²) in [5.74, 6) is -1.24. The molecule has 0 radical (unpaired) electrons. The molecule has 0 aliphatic carbocycles. The van der Waals surface area contributed by atoms with Crippen molar-refractivity contribution in [3.8, 4) is 17.2 Å². The number of rotatable bonds is 2. The normalized spacial score (nSPS) is 9.94. The van der Waals surface area contributed by atoms with Gasteiger partial charge in [0.05, 0.1) is 12.5 Å². The molecular formula is C14H9F2N. The predicted octanol–water partition coefficient (Wildman–Crippen LogP) is 3.70. The molecule has 2 aromatic rings. The van der Waals surface area contributed by atoms with Gasteiger partial charge in [0.2, 0.25) is 0 Å². The van der Waals surface area contributed by atoms with Crippen molar-refractivity contribution in [1.29, 1.82) is 5.26 Å². The summed E-state index contributed by atoms with van der Waals surface area (Å²) in [6.07, 6.45) is 0.217. The average Bonchev–Trinajstić information content (AvgIpc) is 2.29. The Morgan fingerprint density at radius 1 is 1.00 bits per heavy atom. The summed E-state index contributed by atoms with van der Waals surface area (Å²) in [7, 11) is 0. The molecule has 2 aromatic carbocycles. The number of benzene rings is 2. The molecule has 0 atom stereocenters. The van der Waals surface area contributed by atoms with Crippen molar-refractivity contribution in [1.82, 2.24) is 0 Å². The van der Waals surface area contributed by atoms with Crippen LogP contribution in [-0.4, -0.2) is 0 Å². The Balaban J connectivity index is 2.56. The first-order chi connectivity index (χ1) is 8.20.